The Balaban J connectivity index is 1.64. The molecule has 3 rings (SSSR count). The van der Waals surface area contributed by atoms with Gasteiger partial charge >= 0.3 is 6.09 Å². The van der Waals surface area contributed by atoms with E-state index in [1.807, 2.05) is 13.8 Å². The van der Waals surface area contributed by atoms with Crippen molar-refractivity contribution in [3.8, 4) is 11.8 Å². The van der Waals surface area contributed by atoms with E-state index in [0.717, 1.165) is 0 Å². The first-order valence-corrected chi connectivity index (χ1v) is 10.2. The van der Waals surface area contributed by atoms with Crippen molar-refractivity contribution in [2.24, 2.45) is 0 Å². The maximum atomic E-state index is 13.9. The Morgan fingerprint density at radius 3 is 2.76 bits per heavy atom. The molecule has 1 aromatic heterocycles. The summed E-state index contributed by atoms with van der Waals surface area (Å²) >= 11 is 3.20. The third kappa shape index (κ3) is 5.07. The summed E-state index contributed by atoms with van der Waals surface area (Å²) in [4.78, 5) is 13.7. The van der Waals surface area contributed by atoms with Crippen LogP contribution in [0, 0.1) is 17.1 Å². The second kappa shape index (κ2) is 9.27. The number of halogens is 2. The number of carbonyl (C=O) groups is 1. The predicted molar refractivity (Wildman–Crippen MR) is 107 cm³/mol. The average molecular weight is 465 g/mol. The van der Waals surface area contributed by atoms with Crippen molar-refractivity contribution >= 4 is 22.0 Å². The fourth-order valence-electron chi connectivity index (χ4n) is 3.22. The van der Waals surface area contributed by atoms with E-state index in [-0.39, 0.29) is 30.6 Å². The van der Waals surface area contributed by atoms with Crippen LogP contribution in [0.25, 0.3) is 0 Å². The average Bonchev–Trinajstić information content (AvgIpc) is 3.09. The summed E-state index contributed by atoms with van der Waals surface area (Å²) in [6.07, 6.45) is 2.45. The molecule has 29 heavy (non-hydrogen) atoms. The molecule has 154 valence electrons. The Labute approximate surface area is 177 Å². The number of hydrogen-bond acceptors (Lipinski definition) is 5. The number of rotatable bonds is 5. The Kier molecular flexibility index (Phi) is 6.75. The van der Waals surface area contributed by atoms with E-state index in [0.29, 0.717) is 41.7 Å². The van der Waals surface area contributed by atoms with Crippen LogP contribution in [0.1, 0.15) is 44.0 Å². The Morgan fingerprint density at radius 2 is 2.14 bits per heavy atom. The van der Waals surface area contributed by atoms with Crippen LogP contribution in [-0.2, 0) is 11.3 Å². The Hall–Kier alpha value is -2.60. The van der Waals surface area contributed by atoms with Crippen LogP contribution in [0.2, 0.25) is 0 Å². The molecule has 0 aliphatic carbocycles. The number of ether oxygens (including phenoxy) is 2. The molecule has 1 aliphatic heterocycles. The minimum Gasteiger partial charge on any atom is -0.486 e. The molecule has 7 nitrogen and oxygen atoms in total. The number of nitriles is 1. The van der Waals surface area contributed by atoms with E-state index >= 15 is 0 Å². The lowest BCUT2D eigenvalue weighted by molar-refractivity contribution is 0.0652. The summed E-state index contributed by atoms with van der Waals surface area (Å²) in [7, 11) is 0. The van der Waals surface area contributed by atoms with Crippen LogP contribution in [-0.4, -0.2) is 40.0 Å². The van der Waals surface area contributed by atoms with Gasteiger partial charge in [0.25, 0.3) is 0 Å². The van der Waals surface area contributed by atoms with E-state index in [1.54, 1.807) is 21.8 Å². The lowest BCUT2D eigenvalue weighted by Crippen LogP contribution is -2.40. The number of aromatic nitrogens is 2. The third-order valence-corrected chi connectivity index (χ3v) is 5.15. The van der Waals surface area contributed by atoms with E-state index < -0.39 is 5.82 Å². The molecule has 1 aromatic carbocycles. The number of hydrogen-bond donors (Lipinski definition) is 0. The van der Waals surface area contributed by atoms with Crippen LogP contribution in [0.5, 0.6) is 5.75 Å². The van der Waals surface area contributed by atoms with E-state index in [9.17, 15) is 14.4 Å². The zero-order valence-corrected chi connectivity index (χ0v) is 17.9. The van der Waals surface area contributed by atoms with Crippen molar-refractivity contribution in [3.63, 3.8) is 0 Å². The Bertz CT molecular complexity index is 917. The van der Waals surface area contributed by atoms with Gasteiger partial charge < -0.3 is 14.4 Å². The molecule has 0 saturated carbocycles. The molecular formula is C20H22BrFN4O3. The van der Waals surface area contributed by atoms with Crippen LogP contribution in [0.15, 0.2) is 28.9 Å². The van der Waals surface area contributed by atoms with E-state index in [4.69, 9.17) is 9.47 Å². The molecule has 2 aromatic rings. The fourth-order valence-corrected chi connectivity index (χ4v) is 3.55. The van der Waals surface area contributed by atoms with Crippen LogP contribution < -0.4 is 4.74 Å². The van der Waals surface area contributed by atoms with Crippen molar-refractivity contribution < 1.29 is 18.7 Å². The Morgan fingerprint density at radius 1 is 1.41 bits per heavy atom. The highest BCUT2D eigenvalue weighted by atomic mass is 79.9. The number of benzene rings is 1. The summed E-state index contributed by atoms with van der Waals surface area (Å²) < 4.78 is 27.0. The van der Waals surface area contributed by atoms with Gasteiger partial charge in [-0.05, 0) is 44.9 Å². The molecule has 0 unspecified atom stereocenters. The van der Waals surface area contributed by atoms with Gasteiger partial charge in [-0.1, -0.05) is 15.9 Å². The lowest BCUT2D eigenvalue weighted by atomic mass is 10.1. The van der Waals surface area contributed by atoms with Crippen molar-refractivity contribution in [2.75, 3.05) is 13.1 Å². The summed E-state index contributed by atoms with van der Waals surface area (Å²) in [5.74, 6) is -0.368. The molecule has 1 aliphatic rings. The van der Waals surface area contributed by atoms with Crippen LogP contribution >= 0.6 is 15.9 Å². The zero-order valence-electron chi connectivity index (χ0n) is 16.3. The second-order valence-electron chi connectivity index (χ2n) is 7.09. The first kappa shape index (κ1) is 21.1. The summed E-state index contributed by atoms with van der Waals surface area (Å²) in [5.41, 5.74) is 0.988. The summed E-state index contributed by atoms with van der Waals surface area (Å²) in [6.45, 7) is 4.75. The molecule has 0 spiro atoms. The van der Waals surface area contributed by atoms with Crippen LogP contribution in [0.3, 0.4) is 0 Å². The molecule has 0 atom stereocenters. The van der Waals surface area contributed by atoms with Crippen molar-refractivity contribution in [3.05, 3.63) is 45.9 Å². The number of carbonyl (C=O) groups excluding carboxylic acids is 1. The van der Waals surface area contributed by atoms with Gasteiger partial charge in [0.05, 0.1) is 18.3 Å². The SMILES string of the molecule is CC(C)OC(=O)N1CCC(n2ncc(COc3ccc(Br)cc3F)c2C#N)CC1. The van der Waals surface area contributed by atoms with Crippen LogP contribution in [0.4, 0.5) is 9.18 Å². The van der Waals surface area contributed by atoms with E-state index in [2.05, 4.69) is 27.1 Å². The molecule has 1 fully saturated rings. The minimum absolute atomic E-state index is 0.00548. The molecule has 0 bridgehead atoms. The highest BCUT2D eigenvalue weighted by Gasteiger charge is 2.27. The smallest absolute Gasteiger partial charge is 0.410 e. The number of nitrogens with zero attached hydrogens (tertiary/aromatic N) is 4. The van der Waals surface area contributed by atoms with Gasteiger partial charge in [0.1, 0.15) is 18.4 Å². The maximum absolute atomic E-state index is 13.9. The molecular weight excluding hydrogens is 443 g/mol. The van der Waals surface area contributed by atoms with Gasteiger partial charge in [-0.15, -0.1) is 0 Å². The highest BCUT2D eigenvalue weighted by molar-refractivity contribution is 9.10. The lowest BCUT2D eigenvalue weighted by Gasteiger charge is -2.32. The summed E-state index contributed by atoms with van der Waals surface area (Å²) in [6, 6.07) is 6.72. The predicted octanol–water partition coefficient (Wildman–Crippen LogP) is 4.42. The third-order valence-electron chi connectivity index (χ3n) is 4.66. The molecule has 2 heterocycles. The second-order valence-corrected chi connectivity index (χ2v) is 8.00. The van der Waals surface area contributed by atoms with Gasteiger partial charge in [0, 0.05) is 23.1 Å². The number of amides is 1. The normalized spacial score (nSPS) is 14.7. The molecule has 0 N–H and O–H groups in total. The molecule has 9 heteroatoms. The fraction of sp³-hybridized carbons (Fsp3) is 0.450. The van der Waals surface area contributed by atoms with Crippen molar-refractivity contribution in [2.45, 2.75) is 45.4 Å². The highest BCUT2D eigenvalue weighted by Crippen LogP contribution is 2.27. The first-order chi connectivity index (χ1) is 13.9. The topological polar surface area (TPSA) is 80.4 Å². The largest absolute Gasteiger partial charge is 0.486 e. The zero-order chi connectivity index (χ0) is 21.0. The minimum atomic E-state index is -0.481. The van der Waals surface area contributed by atoms with Gasteiger partial charge in [0.15, 0.2) is 11.6 Å². The van der Waals surface area contributed by atoms with Crippen molar-refractivity contribution in [1.82, 2.24) is 14.7 Å². The maximum Gasteiger partial charge on any atom is 0.410 e. The van der Waals surface area contributed by atoms with Gasteiger partial charge in [-0.3, -0.25) is 4.68 Å². The number of piperidine rings is 1. The first-order valence-electron chi connectivity index (χ1n) is 9.39. The quantitative estimate of drug-likeness (QED) is 0.654. The van der Waals surface area contributed by atoms with Gasteiger partial charge in [-0.2, -0.15) is 10.4 Å². The number of likely N-dealkylation sites (tertiary alicyclic amines) is 1. The van der Waals surface area contributed by atoms with Gasteiger partial charge in [-0.25, -0.2) is 9.18 Å². The monoisotopic (exact) mass is 464 g/mol. The molecule has 1 amide bonds. The van der Waals surface area contributed by atoms with E-state index in [1.165, 1.54) is 12.1 Å². The van der Waals surface area contributed by atoms with Crippen molar-refractivity contribution in [1.29, 1.82) is 5.26 Å². The van der Waals surface area contributed by atoms with Gasteiger partial charge in [0.2, 0.25) is 0 Å². The summed E-state index contributed by atoms with van der Waals surface area (Å²) in [5, 5.41) is 14.0. The standard InChI is InChI=1S/C20H22BrFN4O3/c1-13(2)29-20(27)25-7-5-16(6-8-25)26-18(10-23)14(11-24-26)12-28-19-4-3-15(21)9-17(19)22/h3-4,9,11,13,16H,5-8,12H2,1-2H3. The molecule has 1 saturated heterocycles. The molecule has 0 radical (unpaired) electrons.